The molecule has 1 fully saturated rings. The van der Waals surface area contributed by atoms with Gasteiger partial charge in [-0.25, -0.2) is 15.4 Å². The summed E-state index contributed by atoms with van der Waals surface area (Å²) in [6.07, 6.45) is 5.26. The summed E-state index contributed by atoms with van der Waals surface area (Å²) >= 11 is 0. The molecule has 3 rings (SSSR count). The molecule has 1 amide bonds. The molecule has 0 unspecified atom stereocenters. The largest absolute Gasteiger partial charge is 0.333 e. The zero-order chi connectivity index (χ0) is 13.9. The number of piperidine rings is 1. The number of hydrazine groups is 1. The zero-order valence-electron chi connectivity index (χ0n) is 11.7. The smallest absolute Gasteiger partial charge is 0.258 e. The van der Waals surface area contributed by atoms with Crippen molar-refractivity contribution in [3.63, 3.8) is 0 Å². The Balaban J connectivity index is 1.67. The summed E-state index contributed by atoms with van der Waals surface area (Å²) < 4.78 is 0. The van der Waals surface area contributed by atoms with Gasteiger partial charge in [0.15, 0.2) is 5.82 Å². The standard InChI is InChI=1S/C13H20N6O/c1-2-18-5-3-10(4-6-18)17-19-9-16-13(20)11-7-14-8-15-12(11)19/h7-8,10,17H,2-6,9H2,1H3,(H,16,20). The highest BCUT2D eigenvalue weighted by Gasteiger charge is 2.27. The van der Waals surface area contributed by atoms with Crippen molar-refractivity contribution in [3.05, 3.63) is 18.1 Å². The Kier molecular flexibility index (Phi) is 3.79. The normalized spacial score (nSPS) is 20.6. The van der Waals surface area contributed by atoms with Crippen LogP contribution in [0.4, 0.5) is 5.82 Å². The van der Waals surface area contributed by atoms with Gasteiger partial charge in [0.1, 0.15) is 18.6 Å². The number of rotatable bonds is 3. The number of hydrogen-bond acceptors (Lipinski definition) is 6. The fraction of sp³-hybridized carbons (Fsp3) is 0.615. The molecule has 20 heavy (non-hydrogen) atoms. The van der Waals surface area contributed by atoms with Gasteiger partial charge in [-0.3, -0.25) is 9.80 Å². The molecular weight excluding hydrogens is 256 g/mol. The third-order valence-corrected chi connectivity index (χ3v) is 3.96. The van der Waals surface area contributed by atoms with Crippen molar-refractivity contribution in [2.75, 3.05) is 31.3 Å². The van der Waals surface area contributed by atoms with Crippen LogP contribution in [0.5, 0.6) is 0 Å². The molecule has 2 aliphatic rings. The molecular formula is C13H20N6O. The van der Waals surface area contributed by atoms with Crippen LogP contribution in [0.25, 0.3) is 0 Å². The number of fused-ring (bicyclic) bond motifs is 1. The van der Waals surface area contributed by atoms with Gasteiger partial charge >= 0.3 is 0 Å². The van der Waals surface area contributed by atoms with E-state index in [0.717, 1.165) is 32.5 Å². The lowest BCUT2D eigenvalue weighted by Gasteiger charge is -2.37. The van der Waals surface area contributed by atoms with Crippen molar-refractivity contribution in [2.45, 2.75) is 25.8 Å². The third-order valence-electron chi connectivity index (χ3n) is 3.96. The van der Waals surface area contributed by atoms with Crippen LogP contribution in [-0.4, -0.2) is 53.1 Å². The van der Waals surface area contributed by atoms with Crippen molar-refractivity contribution >= 4 is 11.7 Å². The maximum Gasteiger partial charge on any atom is 0.258 e. The molecule has 2 aliphatic heterocycles. The van der Waals surface area contributed by atoms with Crippen LogP contribution in [0.1, 0.15) is 30.1 Å². The molecule has 0 saturated carbocycles. The van der Waals surface area contributed by atoms with Gasteiger partial charge in [0.2, 0.25) is 0 Å². The fourth-order valence-corrected chi connectivity index (χ4v) is 2.72. The molecule has 7 nitrogen and oxygen atoms in total. The van der Waals surface area contributed by atoms with Gasteiger partial charge in [-0.05, 0) is 32.5 Å². The Morgan fingerprint density at radius 2 is 2.25 bits per heavy atom. The number of aromatic nitrogens is 2. The van der Waals surface area contributed by atoms with Gasteiger partial charge in [-0.15, -0.1) is 0 Å². The molecule has 1 saturated heterocycles. The minimum absolute atomic E-state index is 0.112. The topological polar surface area (TPSA) is 73.4 Å². The lowest BCUT2D eigenvalue weighted by Crippen LogP contribution is -2.56. The lowest BCUT2D eigenvalue weighted by atomic mass is 10.1. The van der Waals surface area contributed by atoms with Gasteiger partial charge in [0.05, 0.1) is 0 Å². The molecule has 0 aliphatic carbocycles. The Bertz CT molecular complexity index is 486. The average molecular weight is 276 g/mol. The summed E-state index contributed by atoms with van der Waals surface area (Å²) in [5, 5.41) is 4.75. The van der Waals surface area contributed by atoms with Crippen molar-refractivity contribution in [1.82, 2.24) is 25.6 Å². The van der Waals surface area contributed by atoms with E-state index in [4.69, 9.17) is 0 Å². The monoisotopic (exact) mass is 276 g/mol. The summed E-state index contributed by atoms with van der Waals surface area (Å²) in [6.45, 7) is 5.98. The van der Waals surface area contributed by atoms with Crippen molar-refractivity contribution in [2.24, 2.45) is 0 Å². The van der Waals surface area contributed by atoms with Crippen molar-refractivity contribution < 1.29 is 4.79 Å². The summed E-state index contributed by atoms with van der Waals surface area (Å²) in [5.74, 6) is 0.557. The van der Waals surface area contributed by atoms with E-state index < -0.39 is 0 Å². The van der Waals surface area contributed by atoms with Crippen LogP contribution < -0.4 is 15.8 Å². The van der Waals surface area contributed by atoms with E-state index in [0.29, 0.717) is 24.1 Å². The SMILES string of the molecule is CCN1CCC(NN2CNC(=O)c3cncnc32)CC1. The Morgan fingerprint density at radius 1 is 1.45 bits per heavy atom. The number of likely N-dealkylation sites (tertiary alicyclic amines) is 1. The van der Waals surface area contributed by atoms with Gasteiger partial charge in [0, 0.05) is 12.2 Å². The summed E-state index contributed by atoms with van der Waals surface area (Å²) in [5.41, 5.74) is 4.01. The molecule has 0 atom stereocenters. The first-order valence-corrected chi connectivity index (χ1v) is 7.12. The Hall–Kier alpha value is -1.73. The molecule has 0 radical (unpaired) electrons. The van der Waals surface area contributed by atoms with E-state index in [1.54, 1.807) is 6.20 Å². The number of amides is 1. The fourth-order valence-electron chi connectivity index (χ4n) is 2.72. The Labute approximate surface area is 118 Å². The average Bonchev–Trinajstić information content (AvgIpc) is 2.51. The molecule has 0 spiro atoms. The van der Waals surface area contributed by atoms with Crippen molar-refractivity contribution in [1.29, 1.82) is 0 Å². The lowest BCUT2D eigenvalue weighted by molar-refractivity contribution is 0.0942. The molecule has 1 aromatic heterocycles. The van der Waals surface area contributed by atoms with Crippen LogP contribution in [-0.2, 0) is 0 Å². The number of nitrogens with one attached hydrogen (secondary N) is 2. The molecule has 0 aromatic carbocycles. The van der Waals surface area contributed by atoms with Crippen LogP contribution in [0, 0.1) is 0 Å². The zero-order valence-corrected chi connectivity index (χ0v) is 11.7. The first kappa shape index (κ1) is 13.3. The molecule has 1 aromatic rings. The predicted molar refractivity (Wildman–Crippen MR) is 75.1 cm³/mol. The second kappa shape index (κ2) is 5.72. The summed E-state index contributed by atoms with van der Waals surface area (Å²) in [6, 6.07) is 0.426. The molecule has 7 heteroatoms. The quantitative estimate of drug-likeness (QED) is 0.808. The minimum atomic E-state index is -0.112. The van der Waals surface area contributed by atoms with E-state index in [2.05, 4.69) is 32.5 Å². The van der Waals surface area contributed by atoms with Crippen LogP contribution in [0.15, 0.2) is 12.5 Å². The second-order valence-electron chi connectivity index (χ2n) is 5.19. The third kappa shape index (κ3) is 2.59. The van der Waals surface area contributed by atoms with Crippen molar-refractivity contribution in [3.8, 4) is 0 Å². The van der Waals surface area contributed by atoms with E-state index in [9.17, 15) is 4.79 Å². The maximum atomic E-state index is 11.8. The molecule has 3 heterocycles. The number of carbonyl (C=O) groups excluding carboxylic acids is 1. The maximum absolute atomic E-state index is 11.8. The van der Waals surface area contributed by atoms with E-state index in [1.165, 1.54) is 6.33 Å². The number of carbonyl (C=O) groups is 1. The highest BCUT2D eigenvalue weighted by molar-refractivity contribution is 6.00. The van der Waals surface area contributed by atoms with Gasteiger partial charge in [-0.1, -0.05) is 6.92 Å². The first-order chi connectivity index (χ1) is 9.78. The molecule has 2 N–H and O–H groups in total. The van der Waals surface area contributed by atoms with Crippen LogP contribution >= 0.6 is 0 Å². The minimum Gasteiger partial charge on any atom is -0.333 e. The summed E-state index contributed by atoms with van der Waals surface area (Å²) in [4.78, 5) is 22.4. The predicted octanol–water partition coefficient (Wildman–Crippen LogP) is -0.0272. The molecule has 0 bridgehead atoms. The second-order valence-corrected chi connectivity index (χ2v) is 5.19. The first-order valence-electron chi connectivity index (χ1n) is 7.12. The van der Waals surface area contributed by atoms with E-state index >= 15 is 0 Å². The van der Waals surface area contributed by atoms with E-state index in [-0.39, 0.29) is 5.91 Å². The highest BCUT2D eigenvalue weighted by atomic mass is 16.2. The van der Waals surface area contributed by atoms with E-state index in [1.807, 2.05) is 5.01 Å². The molecule has 108 valence electrons. The van der Waals surface area contributed by atoms with Gasteiger partial charge in [-0.2, -0.15) is 0 Å². The highest BCUT2D eigenvalue weighted by Crippen LogP contribution is 2.19. The summed E-state index contributed by atoms with van der Waals surface area (Å²) in [7, 11) is 0. The number of hydrogen-bond donors (Lipinski definition) is 2. The van der Waals surface area contributed by atoms with Gasteiger partial charge in [0.25, 0.3) is 5.91 Å². The van der Waals surface area contributed by atoms with Crippen LogP contribution in [0.2, 0.25) is 0 Å². The Morgan fingerprint density at radius 3 is 3.00 bits per heavy atom. The number of nitrogens with zero attached hydrogens (tertiary/aromatic N) is 4. The van der Waals surface area contributed by atoms with Crippen LogP contribution in [0.3, 0.4) is 0 Å². The van der Waals surface area contributed by atoms with Gasteiger partial charge < -0.3 is 10.2 Å². The number of anilines is 1.